The van der Waals surface area contributed by atoms with E-state index in [-0.39, 0.29) is 11.6 Å². The lowest BCUT2D eigenvalue weighted by Gasteiger charge is -2.16. The number of non-ortho nitro benzene ring substituents is 1. The normalized spacial score (nSPS) is 16.1. The first-order chi connectivity index (χ1) is 12.6. The van der Waals surface area contributed by atoms with Gasteiger partial charge in [0.15, 0.2) is 5.69 Å². The number of nitrogens with zero attached hydrogens (tertiary/aromatic N) is 4. The molecule has 5 rings (SSSR count). The third-order valence-electron chi connectivity index (χ3n) is 5.14. The summed E-state index contributed by atoms with van der Waals surface area (Å²) in [4.78, 5) is 30.2. The van der Waals surface area contributed by atoms with E-state index in [9.17, 15) is 14.9 Å². The van der Waals surface area contributed by atoms with Crippen LogP contribution in [0.1, 0.15) is 40.6 Å². The Labute approximate surface area is 149 Å². The zero-order valence-corrected chi connectivity index (χ0v) is 14.0. The third-order valence-corrected chi connectivity index (χ3v) is 5.14. The molecule has 7 nitrogen and oxygen atoms in total. The highest BCUT2D eigenvalue weighted by Gasteiger charge is 2.33. The van der Waals surface area contributed by atoms with Crippen LogP contribution in [0.2, 0.25) is 0 Å². The minimum absolute atomic E-state index is 0.00295. The van der Waals surface area contributed by atoms with Gasteiger partial charge in [-0.2, -0.15) is 0 Å². The van der Waals surface area contributed by atoms with Crippen molar-refractivity contribution in [2.45, 2.75) is 25.2 Å². The van der Waals surface area contributed by atoms with Crippen molar-refractivity contribution in [3.63, 3.8) is 0 Å². The quantitative estimate of drug-likeness (QED) is 0.537. The molecule has 0 unspecified atom stereocenters. The molecule has 0 bridgehead atoms. The molecule has 26 heavy (non-hydrogen) atoms. The number of hydrogen-bond acceptors (Lipinski definition) is 4. The zero-order valence-electron chi connectivity index (χ0n) is 14.0. The minimum Gasteiger partial charge on any atom is -0.306 e. The SMILES string of the molecule is O=C(c1nc(C2CC2)n2ccccc12)N1CCc2ccc([N+](=O)[O-])cc21. The number of imidazole rings is 1. The molecule has 0 N–H and O–H groups in total. The molecule has 0 atom stereocenters. The van der Waals surface area contributed by atoms with Gasteiger partial charge in [-0.25, -0.2) is 4.98 Å². The van der Waals surface area contributed by atoms with E-state index < -0.39 is 4.92 Å². The first-order valence-corrected chi connectivity index (χ1v) is 8.69. The van der Waals surface area contributed by atoms with Crippen molar-refractivity contribution < 1.29 is 9.72 Å². The molecule has 0 spiro atoms. The predicted octanol–water partition coefficient (Wildman–Crippen LogP) is 3.32. The van der Waals surface area contributed by atoms with E-state index in [1.54, 1.807) is 11.0 Å². The Morgan fingerprint density at radius 2 is 2.08 bits per heavy atom. The van der Waals surface area contributed by atoms with Crippen LogP contribution in [0.25, 0.3) is 5.52 Å². The molecule has 2 aromatic heterocycles. The van der Waals surface area contributed by atoms with Crippen molar-refractivity contribution in [1.82, 2.24) is 9.38 Å². The highest BCUT2D eigenvalue weighted by molar-refractivity contribution is 6.10. The number of nitro groups is 1. The zero-order chi connectivity index (χ0) is 17.8. The minimum atomic E-state index is -0.432. The number of benzene rings is 1. The summed E-state index contributed by atoms with van der Waals surface area (Å²) in [5.41, 5.74) is 2.78. The Hall–Kier alpha value is -3.22. The summed E-state index contributed by atoms with van der Waals surface area (Å²) in [6.07, 6.45) is 4.83. The van der Waals surface area contributed by atoms with Crippen molar-refractivity contribution in [1.29, 1.82) is 0 Å². The number of pyridine rings is 1. The van der Waals surface area contributed by atoms with Gasteiger partial charge in [0.2, 0.25) is 0 Å². The summed E-state index contributed by atoms with van der Waals surface area (Å²) < 4.78 is 2.00. The fourth-order valence-electron chi connectivity index (χ4n) is 3.67. The number of hydrogen-bond donors (Lipinski definition) is 0. The van der Waals surface area contributed by atoms with Gasteiger partial charge < -0.3 is 9.30 Å². The van der Waals surface area contributed by atoms with Crippen LogP contribution in [-0.4, -0.2) is 26.8 Å². The molecule has 1 saturated carbocycles. The average molecular weight is 348 g/mol. The van der Waals surface area contributed by atoms with Crippen LogP contribution in [0.4, 0.5) is 11.4 Å². The second-order valence-electron chi connectivity index (χ2n) is 6.83. The highest BCUT2D eigenvalue weighted by Crippen LogP contribution is 2.40. The van der Waals surface area contributed by atoms with Gasteiger partial charge in [0.25, 0.3) is 11.6 Å². The van der Waals surface area contributed by atoms with Crippen molar-refractivity contribution in [3.8, 4) is 0 Å². The number of nitro benzene ring substituents is 1. The molecule has 0 saturated heterocycles. The maximum atomic E-state index is 13.2. The van der Waals surface area contributed by atoms with Gasteiger partial charge in [-0.3, -0.25) is 14.9 Å². The summed E-state index contributed by atoms with van der Waals surface area (Å²) in [7, 11) is 0. The highest BCUT2D eigenvalue weighted by atomic mass is 16.6. The molecule has 3 heterocycles. The van der Waals surface area contributed by atoms with Crippen molar-refractivity contribution in [3.05, 3.63) is 69.8 Å². The van der Waals surface area contributed by atoms with E-state index >= 15 is 0 Å². The molecule has 130 valence electrons. The second-order valence-corrected chi connectivity index (χ2v) is 6.83. The maximum Gasteiger partial charge on any atom is 0.279 e. The van der Waals surface area contributed by atoms with Crippen LogP contribution in [0.5, 0.6) is 0 Å². The van der Waals surface area contributed by atoms with Crippen LogP contribution < -0.4 is 4.90 Å². The number of rotatable bonds is 3. The number of carbonyl (C=O) groups excluding carboxylic acids is 1. The summed E-state index contributed by atoms with van der Waals surface area (Å²) in [6.45, 7) is 0.514. The summed E-state index contributed by atoms with van der Waals surface area (Å²) in [5.74, 6) is 1.15. The van der Waals surface area contributed by atoms with Crippen molar-refractivity contribution in [2.24, 2.45) is 0 Å². The number of carbonyl (C=O) groups is 1. The smallest absolute Gasteiger partial charge is 0.279 e. The van der Waals surface area contributed by atoms with E-state index in [0.717, 1.165) is 29.7 Å². The predicted molar refractivity (Wildman–Crippen MR) is 95.6 cm³/mol. The lowest BCUT2D eigenvalue weighted by Crippen LogP contribution is -2.29. The van der Waals surface area contributed by atoms with Crippen LogP contribution in [0.3, 0.4) is 0 Å². The number of amides is 1. The third kappa shape index (κ3) is 2.20. The van der Waals surface area contributed by atoms with Crippen molar-refractivity contribution in [2.75, 3.05) is 11.4 Å². The van der Waals surface area contributed by atoms with E-state index in [0.29, 0.717) is 30.3 Å². The van der Waals surface area contributed by atoms with E-state index in [4.69, 9.17) is 0 Å². The molecular formula is C19H16N4O3. The van der Waals surface area contributed by atoms with Crippen LogP contribution in [-0.2, 0) is 6.42 Å². The molecule has 1 amide bonds. The first-order valence-electron chi connectivity index (χ1n) is 8.69. The van der Waals surface area contributed by atoms with Crippen LogP contribution in [0.15, 0.2) is 42.6 Å². The number of fused-ring (bicyclic) bond motifs is 2. The Bertz CT molecular complexity index is 1070. The molecule has 1 aliphatic carbocycles. The number of aromatic nitrogens is 2. The van der Waals surface area contributed by atoms with E-state index in [2.05, 4.69) is 4.98 Å². The lowest BCUT2D eigenvalue weighted by molar-refractivity contribution is -0.384. The Kier molecular flexibility index (Phi) is 3.12. The van der Waals surface area contributed by atoms with Gasteiger partial charge in [0, 0.05) is 30.8 Å². The standard InChI is InChI=1S/C19H16N4O3/c24-19(22-10-8-12-6-7-14(23(25)26)11-16(12)22)17-15-3-1-2-9-21(15)18(20-17)13-4-5-13/h1-3,6-7,9,11,13H,4-5,8,10H2. The molecule has 3 aromatic rings. The Balaban J connectivity index is 1.60. The Morgan fingerprint density at radius 1 is 1.23 bits per heavy atom. The van der Waals surface area contributed by atoms with Gasteiger partial charge in [0.1, 0.15) is 5.82 Å². The van der Waals surface area contributed by atoms with E-state index in [1.165, 1.54) is 12.1 Å². The second kappa shape index (κ2) is 5.39. The molecular weight excluding hydrogens is 332 g/mol. The molecule has 7 heteroatoms. The number of anilines is 1. The monoisotopic (exact) mass is 348 g/mol. The lowest BCUT2D eigenvalue weighted by atomic mass is 10.1. The van der Waals surface area contributed by atoms with Crippen molar-refractivity contribution >= 4 is 22.8 Å². The molecule has 1 aliphatic heterocycles. The Morgan fingerprint density at radius 3 is 2.85 bits per heavy atom. The molecule has 0 radical (unpaired) electrons. The van der Waals surface area contributed by atoms with Gasteiger partial charge >= 0.3 is 0 Å². The fraction of sp³-hybridized carbons (Fsp3) is 0.263. The van der Waals surface area contributed by atoms with Gasteiger partial charge in [-0.1, -0.05) is 12.1 Å². The summed E-state index contributed by atoms with van der Waals surface area (Å²) in [6, 6.07) is 10.4. The van der Waals surface area contributed by atoms with Crippen LogP contribution >= 0.6 is 0 Å². The van der Waals surface area contributed by atoms with Crippen LogP contribution in [0, 0.1) is 10.1 Å². The van der Waals surface area contributed by atoms with Gasteiger partial charge in [0.05, 0.1) is 16.1 Å². The fourth-order valence-corrected chi connectivity index (χ4v) is 3.67. The molecule has 1 aromatic carbocycles. The van der Waals surface area contributed by atoms with E-state index in [1.807, 2.05) is 28.8 Å². The first kappa shape index (κ1) is 15.1. The van der Waals surface area contributed by atoms with Gasteiger partial charge in [-0.15, -0.1) is 0 Å². The summed E-state index contributed by atoms with van der Waals surface area (Å²) in [5, 5.41) is 11.1. The molecule has 2 aliphatic rings. The van der Waals surface area contributed by atoms with Gasteiger partial charge in [-0.05, 0) is 37.0 Å². The topological polar surface area (TPSA) is 80.8 Å². The average Bonchev–Trinajstić information content (AvgIpc) is 3.29. The summed E-state index contributed by atoms with van der Waals surface area (Å²) >= 11 is 0. The maximum absolute atomic E-state index is 13.2. The molecule has 1 fully saturated rings. The largest absolute Gasteiger partial charge is 0.306 e.